The van der Waals surface area contributed by atoms with Crippen LogP contribution in [0, 0.1) is 0 Å². The van der Waals surface area contributed by atoms with Gasteiger partial charge in [-0.2, -0.15) is 0 Å². The number of likely N-dealkylation sites (tertiary alicyclic amines) is 1. The third kappa shape index (κ3) is 2.74. The van der Waals surface area contributed by atoms with E-state index >= 15 is 0 Å². The van der Waals surface area contributed by atoms with E-state index in [1.54, 1.807) is 6.26 Å². The van der Waals surface area contributed by atoms with Gasteiger partial charge in [0, 0.05) is 25.0 Å². The monoisotopic (exact) mass is 244 g/mol. The smallest absolute Gasteiger partial charge is 0.133 e. The Morgan fingerprint density at radius 2 is 2.06 bits per heavy atom. The lowest BCUT2D eigenvalue weighted by atomic mass is 10.1. The fourth-order valence-corrected chi connectivity index (χ4v) is 2.60. The molecule has 0 amide bonds. The molecule has 2 heterocycles. The third-order valence-corrected chi connectivity index (χ3v) is 3.65. The van der Waals surface area contributed by atoms with Crippen molar-refractivity contribution in [3.63, 3.8) is 0 Å². The van der Waals surface area contributed by atoms with E-state index in [0.29, 0.717) is 0 Å². The number of furan rings is 1. The lowest BCUT2D eigenvalue weighted by molar-refractivity contribution is 0.335. The van der Waals surface area contributed by atoms with E-state index in [-0.39, 0.29) is 0 Å². The van der Waals surface area contributed by atoms with Gasteiger partial charge >= 0.3 is 0 Å². The van der Waals surface area contributed by atoms with Crippen molar-refractivity contribution in [1.82, 2.24) is 10.2 Å². The van der Waals surface area contributed by atoms with Gasteiger partial charge in [-0.15, -0.1) is 0 Å². The molecule has 1 aliphatic heterocycles. The predicted molar refractivity (Wildman–Crippen MR) is 73.6 cm³/mol. The van der Waals surface area contributed by atoms with E-state index in [0.717, 1.165) is 18.7 Å². The van der Waals surface area contributed by atoms with Crippen molar-refractivity contribution in [3.05, 3.63) is 36.1 Å². The Labute approximate surface area is 108 Å². The van der Waals surface area contributed by atoms with Gasteiger partial charge in [-0.3, -0.25) is 0 Å². The summed E-state index contributed by atoms with van der Waals surface area (Å²) in [6.07, 6.45) is 4.49. The molecular weight excluding hydrogens is 224 g/mol. The average Bonchev–Trinajstić information content (AvgIpc) is 3.05. The minimum Gasteiger partial charge on any atom is -0.464 e. The van der Waals surface area contributed by atoms with Gasteiger partial charge in [0.25, 0.3) is 0 Å². The number of benzene rings is 1. The van der Waals surface area contributed by atoms with Gasteiger partial charge in [-0.1, -0.05) is 6.07 Å². The first-order valence-electron chi connectivity index (χ1n) is 6.81. The minimum atomic E-state index is 0.939. The molecule has 3 nitrogen and oxygen atoms in total. The fourth-order valence-electron chi connectivity index (χ4n) is 2.60. The highest BCUT2D eigenvalue weighted by Crippen LogP contribution is 2.16. The third-order valence-electron chi connectivity index (χ3n) is 3.65. The minimum absolute atomic E-state index is 0.939. The van der Waals surface area contributed by atoms with Gasteiger partial charge < -0.3 is 14.6 Å². The van der Waals surface area contributed by atoms with Crippen molar-refractivity contribution in [1.29, 1.82) is 0 Å². The summed E-state index contributed by atoms with van der Waals surface area (Å²) in [7, 11) is 0. The Hall–Kier alpha value is -1.32. The van der Waals surface area contributed by atoms with Gasteiger partial charge in [-0.25, -0.2) is 0 Å². The maximum Gasteiger partial charge on any atom is 0.133 e. The molecule has 1 aromatic heterocycles. The van der Waals surface area contributed by atoms with Crippen LogP contribution in [0.3, 0.4) is 0 Å². The Morgan fingerprint density at radius 3 is 2.94 bits per heavy atom. The zero-order chi connectivity index (χ0) is 12.2. The highest BCUT2D eigenvalue weighted by molar-refractivity contribution is 5.77. The van der Waals surface area contributed by atoms with E-state index in [9.17, 15) is 0 Å². The molecule has 0 aliphatic carbocycles. The molecule has 18 heavy (non-hydrogen) atoms. The Bertz CT molecular complexity index is 500. The van der Waals surface area contributed by atoms with Crippen molar-refractivity contribution in [2.75, 3.05) is 26.2 Å². The van der Waals surface area contributed by atoms with Crippen LogP contribution in [0.4, 0.5) is 0 Å². The van der Waals surface area contributed by atoms with Gasteiger partial charge in [0.1, 0.15) is 5.58 Å². The topological polar surface area (TPSA) is 28.4 Å². The SMILES string of the molecule is c1cc2cc(CNCCN3CCCC3)ccc2o1. The molecule has 1 N–H and O–H groups in total. The molecule has 0 atom stereocenters. The molecule has 0 unspecified atom stereocenters. The van der Waals surface area contributed by atoms with Crippen LogP contribution in [0.25, 0.3) is 11.0 Å². The lowest BCUT2D eigenvalue weighted by Crippen LogP contribution is -2.29. The summed E-state index contributed by atoms with van der Waals surface area (Å²) >= 11 is 0. The van der Waals surface area contributed by atoms with Gasteiger partial charge in [0.2, 0.25) is 0 Å². The molecule has 2 aromatic rings. The second-order valence-corrected chi connectivity index (χ2v) is 5.02. The molecule has 1 fully saturated rings. The quantitative estimate of drug-likeness (QED) is 0.820. The first-order valence-corrected chi connectivity index (χ1v) is 6.81. The maximum absolute atomic E-state index is 5.34. The largest absolute Gasteiger partial charge is 0.464 e. The van der Waals surface area contributed by atoms with Crippen LogP contribution >= 0.6 is 0 Å². The van der Waals surface area contributed by atoms with Crippen molar-refractivity contribution in [2.24, 2.45) is 0 Å². The Morgan fingerprint density at radius 1 is 1.17 bits per heavy atom. The van der Waals surface area contributed by atoms with E-state index in [1.807, 2.05) is 12.1 Å². The molecule has 0 bridgehead atoms. The van der Waals surface area contributed by atoms with E-state index in [1.165, 1.54) is 43.4 Å². The average molecular weight is 244 g/mol. The molecule has 0 radical (unpaired) electrons. The van der Waals surface area contributed by atoms with Gasteiger partial charge in [0.05, 0.1) is 6.26 Å². The molecular formula is C15H20N2O. The van der Waals surface area contributed by atoms with E-state index < -0.39 is 0 Å². The number of hydrogen-bond acceptors (Lipinski definition) is 3. The number of nitrogens with zero attached hydrogens (tertiary/aromatic N) is 1. The zero-order valence-electron chi connectivity index (χ0n) is 10.7. The summed E-state index contributed by atoms with van der Waals surface area (Å²) in [5.74, 6) is 0. The Kier molecular flexibility index (Phi) is 3.62. The molecule has 1 aliphatic rings. The lowest BCUT2D eigenvalue weighted by Gasteiger charge is -2.14. The summed E-state index contributed by atoms with van der Waals surface area (Å²) in [5, 5.41) is 4.70. The van der Waals surface area contributed by atoms with Crippen LogP contribution in [0.15, 0.2) is 34.9 Å². The van der Waals surface area contributed by atoms with Crippen molar-refractivity contribution in [3.8, 4) is 0 Å². The zero-order valence-corrected chi connectivity index (χ0v) is 10.7. The predicted octanol–water partition coefficient (Wildman–Crippen LogP) is 2.62. The maximum atomic E-state index is 5.34. The molecule has 1 saturated heterocycles. The van der Waals surface area contributed by atoms with Crippen LogP contribution in [-0.4, -0.2) is 31.1 Å². The number of hydrogen-bond donors (Lipinski definition) is 1. The molecule has 3 rings (SSSR count). The fraction of sp³-hybridized carbons (Fsp3) is 0.467. The van der Waals surface area contributed by atoms with Crippen LogP contribution in [0.5, 0.6) is 0 Å². The van der Waals surface area contributed by atoms with Crippen LogP contribution < -0.4 is 5.32 Å². The van der Waals surface area contributed by atoms with Crippen LogP contribution in [0.1, 0.15) is 18.4 Å². The summed E-state index contributed by atoms with van der Waals surface area (Å²) in [6, 6.07) is 8.40. The first kappa shape index (κ1) is 11.8. The summed E-state index contributed by atoms with van der Waals surface area (Å²) in [6.45, 7) is 5.75. The first-order chi connectivity index (χ1) is 8.92. The summed E-state index contributed by atoms with van der Waals surface area (Å²) in [4.78, 5) is 2.53. The highest BCUT2D eigenvalue weighted by Gasteiger charge is 2.09. The molecule has 96 valence electrons. The van der Waals surface area contributed by atoms with Crippen molar-refractivity contribution >= 4 is 11.0 Å². The molecule has 1 aromatic carbocycles. The van der Waals surface area contributed by atoms with Crippen molar-refractivity contribution in [2.45, 2.75) is 19.4 Å². The number of fused-ring (bicyclic) bond motifs is 1. The molecule has 0 saturated carbocycles. The highest BCUT2D eigenvalue weighted by atomic mass is 16.3. The normalized spacial score (nSPS) is 16.7. The van der Waals surface area contributed by atoms with Crippen LogP contribution in [0.2, 0.25) is 0 Å². The van der Waals surface area contributed by atoms with Gasteiger partial charge in [0.15, 0.2) is 0 Å². The molecule has 3 heteroatoms. The summed E-state index contributed by atoms with van der Waals surface area (Å²) < 4.78 is 5.34. The number of nitrogens with one attached hydrogen (secondary N) is 1. The van der Waals surface area contributed by atoms with Crippen molar-refractivity contribution < 1.29 is 4.42 Å². The standard InChI is InChI=1S/C15H20N2O/c1-2-8-17(7-1)9-6-16-12-13-3-4-15-14(11-13)5-10-18-15/h3-5,10-11,16H,1-2,6-9,12H2. The second-order valence-electron chi connectivity index (χ2n) is 5.02. The Balaban J connectivity index is 1.47. The van der Waals surface area contributed by atoms with E-state index in [4.69, 9.17) is 4.42 Å². The van der Waals surface area contributed by atoms with E-state index in [2.05, 4.69) is 22.3 Å². The molecule has 0 spiro atoms. The van der Waals surface area contributed by atoms with Gasteiger partial charge in [-0.05, 0) is 49.7 Å². The second kappa shape index (κ2) is 5.55. The number of rotatable bonds is 5. The van der Waals surface area contributed by atoms with Crippen LogP contribution in [-0.2, 0) is 6.54 Å². The summed E-state index contributed by atoms with van der Waals surface area (Å²) in [5.41, 5.74) is 2.29.